The lowest BCUT2D eigenvalue weighted by Gasteiger charge is -2.05. The number of aryl methyl sites for hydroxylation is 1. The van der Waals surface area contributed by atoms with E-state index in [0.29, 0.717) is 17.7 Å². The van der Waals surface area contributed by atoms with Crippen LogP contribution in [-0.4, -0.2) is 17.8 Å². The SMILES string of the molecule is Cc1cc(C(=O)NCCCBr)ccc1F. The van der Waals surface area contributed by atoms with Crippen molar-refractivity contribution in [1.29, 1.82) is 0 Å². The van der Waals surface area contributed by atoms with E-state index < -0.39 is 0 Å². The van der Waals surface area contributed by atoms with Gasteiger partial charge in [0.05, 0.1) is 0 Å². The van der Waals surface area contributed by atoms with Crippen LogP contribution in [0.15, 0.2) is 18.2 Å². The maximum atomic E-state index is 12.9. The summed E-state index contributed by atoms with van der Waals surface area (Å²) >= 11 is 3.28. The number of benzene rings is 1. The minimum absolute atomic E-state index is 0.154. The summed E-state index contributed by atoms with van der Waals surface area (Å²) in [6.45, 7) is 2.27. The fraction of sp³-hybridized carbons (Fsp3) is 0.364. The second kappa shape index (κ2) is 5.85. The Bertz CT molecular complexity index is 354. The van der Waals surface area contributed by atoms with Crippen LogP contribution in [0.4, 0.5) is 4.39 Å². The first-order valence-corrected chi connectivity index (χ1v) is 5.87. The van der Waals surface area contributed by atoms with Gasteiger partial charge in [0.1, 0.15) is 5.82 Å². The highest BCUT2D eigenvalue weighted by atomic mass is 79.9. The number of rotatable bonds is 4. The van der Waals surface area contributed by atoms with Crippen LogP contribution in [0, 0.1) is 12.7 Å². The zero-order valence-corrected chi connectivity index (χ0v) is 10.1. The van der Waals surface area contributed by atoms with E-state index in [9.17, 15) is 9.18 Å². The summed E-state index contributed by atoms with van der Waals surface area (Å²) in [6, 6.07) is 4.36. The highest BCUT2D eigenvalue weighted by Crippen LogP contribution is 2.08. The summed E-state index contributed by atoms with van der Waals surface area (Å²) < 4.78 is 12.9. The van der Waals surface area contributed by atoms with E-state index in [1.807, 2.05) is 0 Å². The molecule has 1 N–H and O–H groups in total. The third-order valence-corrected chi connectivity index (χ3v) is 2.58. The minimum Gasteiger partial charge on any atom is -0.352 e. The van der Waals surface area contributed by atoms with Gasteiger partial charge in [-0.05, 0) is 37.1 Å². The monoisotopic (exact) mass is 273 g/mol. The lowest BCUT2D eigenvalue weighted by molar-refractivity contribution is 0.0953. The molecule has 0 atom stereocenters. The molecule has 0 aliphatic heterocycles. The second-order valence-electron chi connectivity index (χ2n) is 3.26. The van der Waals surface area contributed by atoms with Gasteiger partial charge in [0.2, 0.25) is 0 Å². The molecule has 1 amide bonds. The van der Waals surface area contributed by atoms with Gasteiger partial charge in [0, 0.05) is 17.4 Å². The Morgan fingerprint density at radius 2 is 2.27 bits per heavy atom. The van der Waals surface area contributed by atoms with Crippen molar-refractivity contribution in [2.24, 2.45) is 0 Å². The fourth-order valence-electron chi connectivity index (χ4n) is 1.16. The Balaban J connectivity index is 2.62. The minimum atomic E-state index is -0.285. The number of carbonyl (C=O) groups excluding carboxylic acids is 1. The van der Waals surface area contributed by atoms with Gasteiger partial charge in [-0.15, -0.1) is 0 Å². The summed E-state index contributed by atoms with van der Waals surface area (Å²) in [5.41, 5.74) is 0.992. The van der Waals surface area contributed by atoms with E-state index in [1.165, 1.54) is 12.1 Å². The van der Waals surface area contributed by atoms with Crippen molar-refractivity contribution in [3.05, 3.63) is 35.1 Å². The first-order chi connectivity index (χ1) is 7.15. The normalized spacial score (nSPS) is 10.1. The van der Waals surface area contributed by atoms with E-state index in [1.54, 1.807) is 13.0 Å². The average molecular weight is 274 g/mol. The van der Waals surface area contributed by atoms with Crippen LogP contribution < -0.4 is 5.32 Å². The van der Waals surface area contributed by atoms with Crippen LogP contribution in [-0.2, 0) is 0 Å². The lowest BCUT2D eigenvalue weighted by atomic mass is 10.1. The van der Waals surface area contributed by atoms with Gasteiger partial charge in [-0.25, -0.2) is 4.39 Å². The van der Waals surface area contributed by atoms with E-state index in [0.717, 1.165) is 11.8 Å². The van der Waals surface area contributed by atoms with Gasteiger partial charge < -0.3 is 5.32 Å². The summed E-state index contributed by atoms with van der Waals surface area (Å²) in [7, 11) is 0. The average Bonchev–Trinajstić information content (AvgIpc) is 2.22. The summed E-state index contributed by atoms with van der Waals surface area (Å²) in [5, 5.41) is 3.61. The molecule has 0 bridgehead atoms. The van der Waals surface area contributed by atoms with Crippen molar-refractivity contribution in [2.75, 3.05) is 11.9 Å². The van der Waals surface area contributed by atoms with Crippen LogP contribution in [0.2, 0.25) is 0 Å². The molecular weight excluding hydrogens is 261 g/mol. The standard InChI is InChI=1S/C11H13BrFNO/c1-8-7-9(3-4-10(8)13)11(15)14-6-2-5-12/h3-4,7H,2,5-6H2,1H3,(H,14,15). The first-order valence-electron chi connectivity index (χ1n) is 4.75. The van der Waals surface area contributed by atoms with E-state index in [-0.39, 0.29) is 11.7 Å². The molecule has 0 saturated carbocycles. The molecule has 15 heavy (non-hydrogen) atoms. The van der Waals surface area contributed by atoms with E-state index in [2.05, 4.69) is 21.2 Å². The second-order valence-corrected chi connectivity index (χ2v) is 4.06. The molecule has 0 heterocycles. The maximum Gasteiger partial charge on any atom is 0.251 e. The Labute approximate surface area is 97.0 Å². The molecule has 0 aromatic heterocycles. The Hall–Kier alpha value is -0.900. The molecule has 0 radical (unpaired) electrons. The number of amides is 1. The molecule has 4 heteroatoms. The number of hydrogen-bond acceptors (Lipinski definition) is 1. The van der Waals surface area contributed by atoms with Crippen LogP contribution in [0.25, 0.3) is 0 Å². The van der Waals surface area contributed by atoms with Crippen molar-refractivity contribution >= 4 is 21.8 Å². The molecular formula is C11H13BrFNO. The quantitative estimate of drug-likeness (QED) is 0.663. The highest BCUT2D eigenvalue weighted by Gasteiger charge is 2.06. The maximum absolute atomic E-state index is 12.9. The topological polar surface area (TPSA) is 29.1 Å². The zero-order valence-electron chi connectivity index (χ0n) is 8.52. The van der Waals surface area contributed by atoms with Crippen LogP contribution >= 0.6 is 15.9 Å². The van der Waals surface area contributed by atoms with Gasteiger partial charge >= 0.3 is 0 Å². The molecule has 2 nitrogen and oxygen atoms in total. The van der Waals surface area contributed by atoms with Crippen LogP contribution in [0.3, 0.4) is 0 Å². The molecule has 0 saturated heterocycles. The predicted molar refractivity (Wildman–Crippen MR) is 61.9 cm³/mol. The van der Waals surface area contributed by atoms with Crippen molar-refractivity contribution in [1.82, 2.24) is 5.32 Å². The van der Waals surface area contributed by atoms with Gasteiger partial charge in [-0.3, -0.25) is 4.79 Å². The number of halogens is 2. The molecule has 82 valence electrons. The predicted octanol–water partition coefficient (Wildman–Crippen LogP) is 2.65. The Morgan fingerprint density at radius 1 is 1.53 bits per heavy atom. The van der Waals surface area contributed by atoms with Gasteiger partial charge in [-0.2, -0.15) is 0 Å². The number of alkyl halides is 1. The highest BCUT2D eigenvalue weighted by molar-refractivity contribution is 9.09. The van der Waals surface area contributed by atoms with Crippen LogP contribution in [0.5, 0.6) is 0 Å². The van der Waals surface area contributed by atoms with Crippen LogP contribution in [0.1, 0.15) is 22.3 Å². The molecule has 1 aromatic rings. The molecule has 0 fully saturated rings. The smallest absolute Gasteiger partial charge is 0.251 e. The lowest BCUT2D eigenvalue weighted by Crippen LogP contribution is -2.24. The molecule has 1 aromatic carbocycles. The van der Waals surface area contributed by atoms with Crippen molar-refractivity contribution in [3.63, 3.8) is 0 Å². The van der Waals surface area contributed by atoms with Gasteiger partial charge in [0.15, 0.2) is 0 Å². The summed E-state index contributed by atoms with van der Waals surface area (Å²) in [5.74, 6) is -0.439. The molecule has 0 spiro atoms. The summed E-state index contributed by atoms with van der Waals surface area (Å²) in [4.78, 5) is 11.5. The zero-order chi connectivity index (χ0) is 11.3. The number of hydrogen-bond donors (Lipinski definition) is 1. The fourth-order valence-corrected chi connectivity index (χ4v) is 1.44. The molecule has 0 unspecified atom stereocenters. The first kappa shape index (κ1) is 12.2. The van der Waals surface area contributed by atoms with E-state index >= 15 is 0 Å². The Morgan fingerprint density at radius 3 is 2.87 bits per heavy atom. The molecule has 0 aliphatic rings. The third-order valence-electron chi connectivity index (χ3n) is 2.02. The van der Waals surface area contributed by atoms with Gasteiger partial charge in [0.25, 0.3) is 5.91 Å². The number of nitrogens with one attached hydrogen (secondary N) is 1. The third kappa shape index (κ3) is 3.63. The Kier molecular flexibility index (Phi) is 4.75. The van der Waals surface area contributed by atoms with Crippen molar-refractivity contribution in [2.45, 2.75) is 13.3 Å². The van der Waals surface area contributed by atoms with E-state index in [4.69, 9.17) is 0 Å². The van der Waals surface area contributed by atoms with Gasteiger partial charge in [-0.1, -0.05) is 15.9 Å². The van der Waals surface area contributed by atoms with Crippen molar-refractivity contribution < 1.29 is 9.18 Å². The molecule has 0 aliphatic carbocycles. The number of carbonyl (C=O) groups is 1. The summed E-state index contributed by atoms with van der Waals surface area (Å²) in [6.07, 6.45) is 0.881. The van der Waals surface area contributed by atoms with Crippen molar-refractivity contribution in [3.8, 4) is 0 Å². The largest absolute Gasteiger partial charge is 0.352 e. The molecule has 1 rings (SSSR count).